The molecule has 0 N–H and O–H groups in total. The van der Waals surface area contributed by atoms with Crippen molar-refractivity contribution < 1.29 is 4.42 Å². The molecule has 0 amide bonds. The van der Waals surface area contributed by atoms with E-state index in [0.717, 1.165) is 21.9 Å². The predicted molar refractivity (Wildman–Crippen MR) is 136 cm³/mol. The van der Waals surface area contributed by atoms with Gasteiger partial charge in [0.15, 0.2) is 5.58 Å². The number of benzene rings is 5. The van der Waals surface area contributed by atoms with Crippen LogP contribution >= 0.6 is 11.6 Å². The molecule has 2 heteroatoms. The summed E-state index contributed by atoms with van der Waals surface area (Å²) < 4.78 is 6.31. The summed E-state index contributed by atoms with van der Waals surface area (Å²) in [6.07, 6.45) is 0. The Morgan fingerprint density at radius 3 is 1.94 bits per heavy atom. The molecule has 0 fully saturated rings. The Labute approximate surface area is 196 Å². The van der Waals surface area contributed by atoms with Gasteiger partial charge < -0.3 is 4.42 Å². The van der Waals surface area contributed by atoms with E-state index < -0.39 is 5.41 Å². The SMILES string of the molecule is Clc1cccc2c1oc1cc(C3(c4ccccc4)c4ccccc4-c4ccccc43)ccc12. The molecule has 156 valence electrons. The van der Waals surface area contributed by atoms with E-state index in [-0.39, 0.29) is 0 Å². The summed E-state index contributed by atoms with van der Waals surface area (Å²) in [4.78, 5) is 0. The van der Waals surface area contributed by atoms with Crippen LogP contribution in [0.2, 0.25) is 5.02 Å². The van der Waals surface area contributed by atoms with Crippen molar-refractivity contribution in [2.45, 2.75) is 5.41 Å². The summed E-state index contributed by atoms with van der Waals surface area (Å²) >= 11 is 6.46. The smallest absolute Gasteiger partial charge is 0.153 e. The monoisotopic (exact) mass is 442 g/mol. The number of para-hydroxylation sites is 1. The minimum absolute atomic E-state index is 0.425. The fraction of sp³-hybridized carbons (Fsp3) is 0.0323. The quantitative estimate of drug-likeness (QED) is 0.261. The van der Waals surface area contributed by atoms with Gasteiger partial charge in [0.2, 0.25) is 0 Å². The van der Waals surface area contributed by atoms with Crippen LogP contribution in [0.5, 0.6) is 0 Å². The highest BCUT2D eigenvalue weighted by Crippen LogP contribution is 2.56. The van der Waals surface area contributed by atoms with Gasteiger partial charge in [0.1, 0.15) is 5.58 Å². The first-order valence-electron chi connectivity index (χ1n) is 11.1. The van der Waals surface area contributed by atoms with Crippen LogP contribution in [0.4, 0.5) is 0 Å². The molecule has 33 heavy (non-hydrogen) atoms. The molecular weight excluding hydrogens is 424 g/mol. The Balaban J connectivity index is 1.63. The fourth-order valence-electron chi connectivity index (χ4n) is 5.71. The van der Waals surface area contributed by atoms with Crippen molar-refractivity contribution in [2.24, 2.45) is 0 Å². The molecule has 1 aliphatic rings. The molecule has 0 saturated heterocycles. The third-order valence-corrected chi connectivity index (χ3v) is 7.34. The highest BCUT2D eigenvalue weighted by Gasteiger charge is 2.45. The number of rotatable bonds is 2. The van der Waals surface area contributed by atoms with Gasteiger partial charge in [-0.3, -0.25) is 0 Å². The van der Waals surface area contributed by atoms with E-state index in [9.17, 15) is 0 Å². The third kappa shape index (κ3) is 2.43. The van der Waals surface area contributed by atoms with Crippen molar-refractivity contribution in [1.29, 1.82) is 0 Å². The lowest BCUT2D eigenvalue weighted by Crippen LogP contribution is -2.28. The number of furan rings is 1. The lowest BCUT2D eigenvalue weighted by Gasteiger charge is -2.33. The van der Waals surface area contributed by atoms with Crippen molar-refractivity contribution in [3.63, 3.8) is 0 Å². The number of hydrogen-bond acceptors (Lipinski definition) is 1. The van der Waals surface area contributed by atoms with Crippen LogP contribution in [-0.4, -0.2) is 0 Å². The van der Waals surface area contributed by atoms with Crippen molar-refractivity contribution in [3.8, 4) is 11.1 Å². The maximum atomic E-state index is 6.46. The largest absolute Gasteiger partial charge is 0.454 e. The molecule has 0 aliphatic heterocycles. The average molecular weight is 443 g/mol. The molecule has 1 aliphatic carbocycles. The molecule has 1 aromatic heterocycles. The van der Waals surface area contributed by atoms with E-state index in [2.05, 4.69) is 103 Å². The molecule has 0 spiro atoms. The van der Waals surface area contributed by atoms with Crippen molar-refractivity contribution >= 4 is 33.5 Å². The minimum atomic E-state index is -0.425. The Hall–Kier alpha value is -3.81. The van der Waals surface area contributed by atoms with E-state index in [1.165, 1.54) is 33.4 Å². The molecule has 1 heterocycles. The summed E-state index contributed by atoms with van der Waals surface area (Å²) in [7, 11) is 0. The summed E-state index contributed by atoms with van der Waals surface area (Å²) in [5.41, 5.74) is 8.77. The molecule has 7 rings (SSSR count). The first-order chi connectivity index (χ1) is 16.3. The second-order valence-corrected chi connectivity index (χ2v) is 9.04. The maximum Gasteiger partial charge on any atom is 0.153 e. The average Bonchev–Trinajstić information content (AvgIpc) is 3.39. The van der Waals surface area contributed by atoms with Gasteiger partial charge in [0.25, 0.3) is 0 Å². The highest BCUT2D eigenvalue weighted by molar-refractivity contribution is 6.35. The Bertz CT molecular complexity index is 1630. The summed E-state index contributed by atoms with van der Waals surface area (Å²) in [5, 5.41) is 2.77. The van der Waals surface area contributed by atoms with Gasteiger partial charge in [-0.2, -0.15) is 0 Å². The Morgan fingerprint density at radius 1 is 0.545 bits per heavy atom. The molecule has 0 atom stereocenters. The van der Waals surface area contributed by atoms with Crippen LogP contribution in [0.25, 0.3) is 33.1 Å². The van der Waals surface area contributed by atoms with Gasteiger partial charge in [-0.05, 0) is 45.5 Å². The number of fused-ring (bicyclic) bond motifs is 6. The van der Waals surface area contributed by atoms with Gasteiger partial charge in [-0.25, -0.2) is 0 Å². The molecule has 0 radical (unpaired) electrons. The number of halogens is 1. The first-order valence-corrected chi connectivity index (χ1v) is 11.5. The van der Waals surface area contributed by atoms with Crippen LogP contribution in [0.1, 0.15) is 22.3 Å². The molecular formula is C31H19ClO. The van der Waals surface area contributed by atoms with Crippen LogP contribution < -0.4 is 0 Å². The van der Waals surface area contributed by atoms with Crippen molar-refractivity contribution in [2.75, 3.05) is 0 Å². The lowest BCUT2D eigenvalue weighted by atomic mass is 9.67. The molecule has 5 aromatic carbocycles. The van der Waals surface area contributed by atoms with Gasteiger partial charge >= 0.3 is 0 Å². The van der Waals surface area contributed by atoms with Crippen LogP contribution in [0.15, 0.2) is 120 Å². The predicted octanol–water partition coefficient (Wildman–Crippen LogP) is 8.60. The summed E-state index contributed by atoms with van der Waals surface area (Å²) in [5.74, 6) is 0. The first kappa shape index (κ1) is 18.7. The maximum absolute atomic E-state index is 6.46. The topological polar surface area (TPSA) is 13.1 Å². The zero-order chi connectivity index (χ0) is 22.0. The van der Waals surface area contributed by atoms with Gasteiger partial charge in [0, 0.05) is 10.8 Å². The van der Waals surface area contributed by atoms with E-state index >= 15 is 0 Å². The van der Waals surface area contributed by atoms with Crippen LogP contribution in [0, 0.1) is 0 Å². The number of hydrogen-bond donors (Lipinski definition) is 0. The van der Waals surface area contributed by atoms with E-state index in [1.54, 1.807) is 0 Å². The van der Waals surface area contributed by atoms with Crippen molar-refractivity contribution in [1.82, 2.24) is 0 Å². The van der Waals surface area contributed by atoms with Crippen LogP contribution in [0.3, 0.4) is 0 Å². The summed E-state index contributed by atoms with van der Waals surface area (Å²) in [6, 6.07) is 40.9. The molecule has 1 nitrogen and oxygen atoms in total. The Morgan fingerprint density at radius 2 is 1.21 bits per heavy atom. The zero-order valence-corrected chi connectivity index (χ0v) is 18.5. The van der Waals surface area contributed by atoms with Gasteiger partial charge in [-0.15, -0.1) is 0 Å². The summed E-state index contributed by atoms with van der Waals surface area (Å²) in [6.45, 7) is 0. The normalized spacial score (nSPS) is 13.8. The molecule has 0 unspecified atom stereocenters. The van der Waals surface area contributed by atoms with E-state index in [1.807, 2.05) is 12.1 Å². The molecule has 0 saturated carbocycles. The van der Waals surface area contributed by atoms with Gasteiger partial charge in [-0.1, -0.05) is 115 Å². The molecule has 0 bridgehead atoms. The van der Waals surface area contributed by atoms with Crippen molar-refractivity contribution in [3.05, 3.63) is 143 Å². The second kappa shape index (κ2) is 6.84. The lowest BCUT2D eigenvalue weighted by molar-refractivity contribution is 0.666. The standard InChI is InChI=1S/C31H19ClO/c32-28-16-8-13-25-24-18-17-21(19-29(24)33-30(25)28)31(20-9-2-1-3-10-20)26-14-6-4-11-22(26)23-12-5-7-15-27(23)31/h1-19H. The zero-order valence-electron chi connectivity index (χ0n) is 17.8. The second-order valence-electron chi connectivity index (χ2n) is 8.64. The minimum Gasteiger partial charge on any atom is -0.454 e. The fourth-order valence-corrected chi connectivity index (χ4v) is 5.92. The van der Waals surface area contributed by atoms with E-state index in [0.29, 0.717) is 5.02 Å². The third-order valence-electron chi connectivity index (χ3n) is 7.04. The van der Waals surface area contributed by atoms with E-state index in [4.69, 9.17) is 16.0 Å². The highest BCUT2D eigenvalue weighted by atomic mass is 35.5. The Kier molecular flexibility index (Phi) is 3.88. The van der Waals surface area contributed by atoms with Gasteiger partial charge in [0.05, 0.1) is 10.4 Å². The molecule has 6 aromatic rings. The van der Waals surface area contributed by atoms with Crippen LogP contribution in [-0.2, 0) is 5.41 Å².